The summed E-state index contributed by atoms with van der Waals surface area (Å²) in [5.41, 5.74) is 7.21. The second kappa shape index (κ2) is 6.89. The Kier molecular flexibility index (Phi) is 5.18. The van der Waals surface area contributed by atoms with Crippen molar-refractivity contribution in [3.8, 4) is 0 Å². The quantitative estimate of drug-likeness (QED) is 0.920. The topological polar surface area (TPSA) is 46.3 Å². The van der Waals surface area contributed by atoms with E-state index in [1.807, 2.05) is 35.2 Å². The highest BCUT2D eigenvalue weighted by Crippen LogP contribution is 2.23. The molecule has 2 N–H and O–H groups in total. The van der Waals surface area contributed by atoms with Crippen LogP contribution in [0.5, 0.6) is 0 Å². The zero-order valence-corrected chi connectivity index (χ0v) is 12.6. The highest BCUT2D eigenvalue weighted by Gasteiger charge is 2.26. The van der Waals surface area contributed by atoms with Crippen LogP contribution in [0.2, 0.25) is 0 Å². The summed E-state index contributed by atoms with van der Waals surface area (Å²) in [6, 6.07) is 10.0. The lowest BCUT2D eigenvalue weighted by Gasteiger charge is -2.30. The van der Waals surface area contributed by atoms with E-state index in [1.165, 1.54) is 12.8 Å². The van der Waals surface area contributed by atoms with Gasteiger partial charge in [0.25, 0.3) is 0 Å². The van der Waals surface area contributed by atoms with Gasteiger partial charge in [-0.1, -0.05) is 43.7 Å². The van der Waals surface area contributed by atoms with Crippen LogP contribution in [0.25, 0.3) is 0 Å². The lowest BCUT2D eigenvalue weighted by Crippen LogP contribution is -2.41. The van der Waals surface area contributed by atoms with E-state index in [1.54, 1.807) is 0 Å². The minimum absolute atomic E-state index is 0.197. The van der Waals surface area contributed by atoms with Crippen molar-refractivity contribution in [1.82, 2.24) is 4.90 Å². The van der Waals surface area contributed by atoms with E-state index in [2.05, 4.69) is 13.8 Å². The average molecular weight is 274 g/mol. The Hall–Kier alpha value is -1.35. The Balaban J connectivity index is 1.99. The molecule has 0 spiro atoms. The number of benzene rings is 1. The molecule has 1 heterocycles. The molecule has 3 atom stereocenters. The maximum atomic E-state index is 12.5. The Morgan fingerprint density at radius 2 is 2.00 bits per heavy atom. The molecule has 1 amide bonds. The van der Waals surface area contributed by atoms with Crippen LogP contribution < -0.4 is 5.73 Å². The first-order chi connectivity index (χ1) is 9.58. The normalized spacial score (nSPS) is 25.1. The molecule has 1 aromatic carbocycles. The van der Waals surface area contributed by atoms with Gasteiger partial charge in [-0.15, -0.1) is 0 Å². The van der Waals surface area contributed by atoms with Crippen LogP contribution in [0.1, 0.15) is 51.1 Å². The Morgan fingerprint density at radius 3 is 2.70 bits per heavy atom. The van der Waals surface area contributed by atoms with E-state index >= 15 is 0 Å². The summed E-state index contributed by atoms with van der Waals surface area (Å²) < 4.78 is 0. The molecule has 1 aliphatic heterocycles. The first-order valence-electron chi connectivity index (χ1n) is 7.68. The first kappa shape index (κ1) is 15.0. The smallest absolute Gasteiger partial charge is 0.224 e. The summed E-state index contributed by atoms with van der Waals surface area (Å²) in [5.74, 6) is 0.791. The third-order valence-corrected chi connectivity index (χ3v) is 4.30. The standard InChI is InChI=1S/C17H26N2O/c1-13-7-6-8-14(2)19(12-13)17(20)11-16(18)15-9-4-3-5-10-15/h3-5,9-10,13-14,16H,6-8,11-12,18H2,1-2H3. The van der Waals surface area contributed by atoms with Crippen molar-refractivity contribution < 1.29 is 4.79 Å². The number of hydrogen-bond acceptors (Lipinski definition) is 2. The van der Waals surface area contributed by atoms with Gasteiger partial charge < -0.3 is 10.6 Å². The van der Waals surface area contributed by atoms with Gasteiger partial charge in [-0.2, -0.15) is 0 Å². The number of hydrogen-bond donors (Lipinski definition) is 1. The number of carbonyl (C=O) groups is 1. The largest absolute Gasteiger partial charge is 0.340 e. The number of rotatable bonds is 3. The first-order valence-corrected chi connectivity index (χ1v) is 7.68. The van der Waals surface area contributed by atoms with Gasteiger partial charge in [-0.05, 0) is 31.2 Å². The summed E-state index contributed by atoms with van der Waals surface area (Å²) in [6.07, 6.45) is 3.95. The van der Waals surface area contributed by atoms with Gasteiger partial charge in [0.2, 0.25) is 5.91 Å². The van der Waals surface area contributed by atoms with E-state index in [0.717, 1.165) is 18.5 Å². The fourth-order valence-electron chi connectivity index (χ4n) is 3.00. The number of amides is 1. The maximum Gasteiger partial charge on any atom is 0.224 e. The zero-order chi connectivity index (χ0) is 14.5. The molecule has 1 saturated heterocycles. The van der Waals surface area contributed by atoms with Gasteiger partial charge in [-0.25, -0.2) is 0 Å². The molecule has 20 heavy (non-hydrogen) atoms. The van der Waals surface area contributed by atoms with Crippen molar-refractivity contribution in [2.75, 3.05) is 6.54 Å². The lowest BCUT2D eigenvalue weighted by atomic mass is 10.0. The maximum absolute atomic E-state index is 12.5. The van der Waals surface area contributed by atoms with E-state index in [9.17, 15) is 4.79 Å². The molecular weight excluding hydrogens is 248 g/mol. The molecule has 1 aliphatic rings. The Bertz CT molecular complexity index is 432. The van der Waals surface area contributed by atoms with E-state index in [-0.39, 0.29) is 11.9 Å². The summed E-state index contributed by atoms with van der Waals surface area (Å²) in [4.78, 5) is 14.6. The predicted octanol–water partition coefficient (Wildman–Crippen LogP) is 3.11. The minimum atomic E-state index is -0.200. The van der Waals surface area contributed by atoms with Crippen LogP contribution in [0.3, 0.4) is 0 Å². The number of carbonyl (C=O) groups excluding carboxylic acids is 1. The van der Waals surface area contributed by atoms with Crippen molar-refractivity contribution in [1.29, 1.82) is 0 Å². The molecule has 110 valence electrons. The van der Waals surface area contributed by atoms with E-state index in [4.69, 9.17) is 5.73 Å². The van der Waals surface area contributed by atoms with Crippen LogP contribution >= 0.6 is 0 Å². The Morgan fingerprint density at radius 1 is 1.30 bits per heavy atom. The molecule has 0 radical (unpaired) electrons. The SMILES string of the molecule is CC1CCCC(C)N(C(=O)CC(N)c2ccccc2)C1. The van der Waals surface area contributed by atoms with Crippen LogP contribution in [0.15, 0.2) is 30.3 Å². The summed E-state index contributed by atoms with van der Waals surface area (Å²) in [6.45, 7) is 5.26. The second-order valence-corrected chi connectivity index (χ2v) is 6.15. The third-order valence-electron chi connectivity index (χ3n) is 4.30. The summed E-state index contributed by atoms with van der Waals surface area (Å²) in [5, 5.41) is 0. The number of nitrogens with two attached hydrogens (primary N) is 1. The molecule has 0 saturated carbocycles. The molecule has 3 unspecified atom stereocenters. The summed E-state index contributed by atoms with van der Waals surface area (Å²) >= 11 is 0. The highest BCUT2D eigenvalue weighted by molar-refractivity contribution is 5.77. The Labute approximate surface area is 122 Å². The van der Waals surface area contributed by atoms with Crippen molar-refractivity contribution in [2.24, 2.45) is 11.7 Å². The van der Waals surface area contributed by atoms with Crippen molar-refractivity contribution in [2.45, 2.75) is 51.6 Å². The summed E-state index contributed by atoms with van der Waals surface area (Å²) in [7, 11) is 0. The molecule has 1 aromatic rings. The second-order valence-electron chi connectivity index (χ2n) is 6.15. The number of likely N-dealkylation sites (tertiary alicyclic amines) is 1. The van der Waals surface area contributed by atoms with Crippen LogP contribution in [0.4, 0.5) is 0 Å². The molecule has 0 bridgehead atoms. The van der Waals surface area contributed by atoms with Crippen LogP contribution in [-0.2, 0) is 4.79 Å². The molecule has 0 aromatic heterocycles. The van der Waals surface area contributed by atoms with Gasteiger partial charge in [0.1, 0.15) is 0 Å². The predicted molar refractivity (Wildman–Crippen MR) is 82.2 cm³/mol. The van der Waals surface area contributed by atoms with E-state index in [0.29, 0.717) is 18.4 Å². The molecule has 3 nitrogen and oxygen atoms in total. The monoisotopic (exact) mass is 274 g/mol. The van der Waals surface area contributed by atoms with Crippen LogP contribution in [0, 0.1) is 5.92 Å². The average Bonchev–Trinajstić information content (AvgIpc) is 2.61. The fraction of sp³-hybridized carbons (Fsp3) is 0.588. The number of nitrogens with zero attached hydrogens (tertiary/aromatic N) is 1. The molecule has 0 aliphatic carbocycles. The zero-order valence-electron chi connectivity index (χ0n) is 12.6. The van der Waals surface area contributed by atoms with Gasteiger partial charge in [-0.3, -0.25) is 4.79 Å². The van der Waals surface area contributed by atoms with Crippen molar-refractivity contribution >= 4 is 5.91 Å². The molecule has 2 rings (SSSR count). The molecule has 3 heteroatoms. The van der Waals surface area contributed by atoms with Gasteiger partial charge in [0.05, 0.1) is 0 Å². The van der Waals surface area contributed by atoms with Gasteiger partial charge in [0.15, 0.2) is 0 Å². The van der Waals surface area contributed by atoms with Gasteiger partial charge >= 0.3 is 0 Å². The van der Waals surface area contributed by atoms with E-state index < -0.39 is 0 Å². The minimum Gasteiger partial charge on any atom is -0.340 e. The van der Waals surface area contributed by atoms with Crippen molar-refractivity contribution in [3.05, 3.63) is 35.9 Å². The molecular formula is C17H26N2O. The van der Waals surface area contributed by atoms with Crippen molar-refractivity contribution in [3.63, 3.8) is 0 Å². The lowest BCUT2D eigenvalue weighted by molar-refractivity contribution is -0.134. The van der Waals surface area contributed by atoms with Crippen LogP contribution in [-0.4, -0.2) is 23.4 Å². The van der Waals surface area contributed by atoms with Gasteiger partial charge in [0, 0.05) is 25.0 Å². The third kappa shape index (κ3) is 3.83. The highest BCUT2D eigenvalue weighted by atomic mass is 16.2. The fourth-order valence-corrected chi connectivity index (χ4v) is 3.00. The molecule has 1 fully saturated rings.